The number of hydrogen-bond donors (Lipinski definition) is 1. The molecule has 0 spiro atoms. The molecule has 0 saturated heterocycles. The third kappa shape index (κ3) is 3.21. The molecule has 1 N–H and O–H groups in total. The zero-order chi connectivity index (χ0) is 14.8. The predicted octanol–water partition coefficient (Wildman–Crippen LogP) is 4.97. The van der Waals surface area contributed by atoms with Crippen LogP contribution in [0.3, 0.4) is 0 Å². The zero-order valence-corrected chi connectivity index (χ0v) is 14.0. The highest BCUT2D eigenvalue weighted by Crippen LogP contribution is 2.34. The minimum Gasteiger partial charge on any atom is -0.478 e. The average Bonchev–Trinajstić information content (AvgIpc) is 2.98. The lowest BCUT2D eigenvalue weighted by Crippen LogP contribution is -2.08. The molecule has 0 bridgehead atoms. The van der Waals surface area contributed by atoms with E-state index in [-0.39, 0.29) is 0 Å². The summed E-state index contributed by atoms with van der Waals surface area (Å²) in [6.45, 7) is 0. The minimum atomic E-state index is -0.908. The molecule has 112 valence electrons. The van der Waals surface area contributed by atoms with E-state index in [1.165, 1.54) is 37.0 Å². The molecule has 0 aliphatic heterocycles. The minimum absolute atomic E-state index is 0.300. The molecule has 2 heterocycles. The number of thiophene rings is 1. The van der Waals surface area contributed by atoms with Gasteiger partial charge in [-0.1, -0.05) is 25.7 Å². The van der Waals surface area contributed by atoms with Gasteiger partial charge in [-0.2, -0.15) is 5.10 Å². The molecule has 3 rings (SSSR count). The van der Waals surface area contributed by atoms with Crippen molar-refractivity contribution in [2.24, 2.45) is 0 Å². The summed E-state index contributed by atoms with van der Waals surface area (Å²) in [6.07, 6.45) is 8.84. The van der Waals surface area contributed by atoms with Gasteiger partial charge < -0.3 is 5.11 Å². The summed E-state index contributed by atoms with van der Waals surface area (Å²) in [6, 6.07) is 4.18. The van der Waals surface area contributed by atoms with Gasteiger partial charge in [0.05, 0.1) is 14.7 Å². The zero-order valence-electron chi connectivity index (χ0n) is 11.6. The molecule has 0 amide bonds. The highest BCUT2D eigenvalue weighted by Gasteiger charge is 2.22. The van der Waals surface area contributed by atoms with Crippen LogP contribution in [-0.4, -0.2) is 20.9 Å². The Kier molecular flexibility index (Phi) is 4.45. The third-order valence-corrected chi connectivity index (χ3v) is 5.60. The average molecular weight is 369 g/mol. The number of nitrogens with zero attached hydrogens (tertiary/aromatic N) is 2. The Hall–Kier alpha value is -1.14. The molecular formula is C15H17BrN2O2S. The maximum Gasteiger partial charge on any atom is 0.339 e. The van der Waals surface area contributed by atoms with Gasteiger partial charge in [-0.15, -0.1) is 11.3 Å². The second-order valence-electron chi connectivity index (χ2n) is 5.43. The van der Waals surface area contributed by atoms with E-state index in [4.69, 9.17) is 0 Å². The van der Waals surface area contributed by atoms with E-state index >= 15 is 0 Å². The van der Waals surface area contributed by atoms with E-state index in [1.54, 1.807) is 6.20 Å². The molecule has 1 fully saturated rings. The Balaban J connectivity index is 1.97. The van der Waals surface area contributed by atoms with E-state index in [1.807, 2.05) is 16.8 Å². The summed E-state index contributed by atoms with van der Waals surface area (Å²) in [5.74, 6) is -0.908. The number of carboxylic acid groups (broad SMARTS) is 1. The molecule has 6 heteroatoms. The first kappa shape index (κ1) is 14.8. The molecule has 4 nitrogen and oxygen atoms in total. The van der Waals surface area contributed by atoms with Crippen LogP contribution in [0.25, 0.3) is 10.6 Å². The van der Waals surface area contributed by atoms with Gasteiger partial charge in [-0.05, 0) is 40.9 Å². The van der Waals surface area contributed by atoms with Crippen molar-refractivity contribution in [2.75, 3.05) is 0 Å². The number of rotatable bonds is 3. The lowest BCUT2D eigenvalue weighted by molar-refractivity contribution is 0.0697. The van der Waals surface area contributed by atoms with Crippen molar-refractivity contribution in [1.29, 1.82) is 0 Å². The molecule has 0 atom stereocenters. The molecule has 2 aromatic rings. The van der Waals surface area contributed by atoms with Gasteiger partial charge in [-0.25, -0.2) is 4.79 Å². The van der Waals surface area contributed by atoms with Crippen LogP contribution >= 0.6 is 27.3 Å². The first-order chi connectivity index (χ1) is 10.1. The van der Waals surface area contributed by atoms with E-state index in [0.29, 0.717) is 17.3 Å². The van der Waals surface area contributed by atoms with Gasteiger partial charge >= 0.3 is 5.97 Å². The number of halogens is 1. The number of carbonyl (C=O) groups is 1. The standard InChI is InChI=1S/C15H17BrN2O2S/c16-13-8-7-12(21-13)14-11(15(19)20)9-18(17-14)10-5-3-1-2-4-6-10/h7-10H,1-6H2,(H,19,20). The summed E-state index contributed by atoms with van der Waals surface area (Å²) in [4.78, 5) is 12.4. The van der Waals surface area contributed by atoms with Gasteiger partial charge in [0, 0.05) is 6.20 Å². The topological polar surface area (TPSA) is 55.1 Å². The highest BCUT2D eigenvalue weighted by atomic mass is 79.9. The quantitative estimate of drug-likeness (QED) is 0.778. The monoisotopic (exact) mass is 368 g/mol. The normalized spacial score (nSPS) is 16.8. The molecule has 1 aliphatic carbocycles. The van der Waals surface area contributed by atoms with Gasteiger partial charge in [0.1, 0.15) is 11.3 Å². The van der Waals surface area contributed by atoms with Gasteiger partial charge in [0.15, 0.2) is 0 Å². The SMILES string of the molecule is O=C(O)c1cn(C2CCCCCC2)nc1-c1ccc(Br)s1. The van der Waals surface area contributed by atoms with Crippen molar-refractivity contribution >= 4 is 33.2 Å². The van der Waals surface area contributed by atoms with Crippen LogP contribution in [0.4, 0.5) is 0 Å². The summed E-state index contributed by atoms with van der Waals surface area (Å²) in [7, 11) is 0. The fourth-order valence-electron chi connectivity index (χ4n) is 2.88. The van der Waals surface area contributed by atoms with E-state index in [9.17, 15) is 9.90 Å². The Morgan fingerprint density at radius 2 is 2.00 bits per heavy atom. The van der Waals surface area contributed by atoms with Crippen LogP contribution in [0.5, 0.6) is 0 Å². The van der Waals surface area contributed by atoms with Crippen LogP contribution in [0, 0.1) is 0 Å². The van der Waals surface area contributed by atoms with Crippen molar-refractivity contribution < 1.29 is 9.90 Å². The Morgan fingerprint density at radius 1 is 1.29 bits per heavy atom. The molecule has 1 saturated carbocycles. The summed E-state index contributed by atoms with van der Waals surface area (Å²) < 4.78 is 2.87. The summed E-state index contributed by atoms with van der Waals surface area (Å²) in [5.41, 5.74) is 0.885. The summed E-state index contributed by atoms with van der Waals surface area (Å²) in [5, 5.41) is 14.0. The Bertz CT molecular complexity index is 642. The van der Waals surface area contributed by atoms with Crippen molar-refractivity contribution in [1.82, 2.24) is 9.78 Å². The molecule has 1 aliphatic rings. The Labute approximate surface area is 135 Å². The molecule has 21 heavy (non-hydrogen) atoms. The fourth-order valence-corrected chi connectivity index (χ4v) is 4.27. The molecule has 0 aromatic carbocycles. The van der Waals surface area contributed by atoms with Crippen LogP contribution < -0.4 is 0 Å². The van der Waals surface area contributed by atoms with Crippen LogP contribution in [-0.2, 0) is 0 Å². The van der Waals surface area contributed by atoms with Gasteiger partial charge in [0.25, 0.3) is 0 Å². The number of aromatic nitrogens is 2. The van der Waals surface area contributed by atoms with Crippen molar-refractivity contribution in [3.8, 4) is 10.6 Å². The van der Waals surface area contributed by atoms with E-state index in [2.05, 4.69) is 21.0 Å². The van der Waals surface area contributed by atoms with Gasteiger partial charge in [0.2, 0.25) is 0 Å². The van der Waals surface area contributed by atoms with Gasteiger partial charge in [-0.3, -0.25) is 4.68 Å². The smallest absolute Gasteiger partial charge is 0.339 e. The molecule has 2 aromatic heterocycles. The summed E-state index contributed by atoms with van der Waals surface area (Å²) >= 11 is 4.94. The third-order valence-electron chi connectivity index (χ3n) is 3.97. The number of carboxylic acids is 1. The van der Waals surface area contributed by atoms with Crippen LogP contribution in [0.15, 0.2) is 22.1 Å². The second-order valence-corrected chi connectivity index (χ2v) is 7.89. The Morgan fingerprint density at radius 3 is 2.57 bits per heavy atom. The molecule has 0 radical (unpaired) electrons. The largest absolute Gasteiger partial charge is 0.478 e. The van der Waals surface area contributed by atoms with Crippen LogP contribution in [0.2, 0.25) is 0 Å². The van der Waals surface area contributed by atoms with E-state index < -0.39 is 5.97 Å². The predicted molar refractivity (Wildman–Crippen MR) is 86.9 cm³/mol. The van der Waals surface area contributed by atoms with Crippen LogP contribution in [0.1, 0.15) is 54.9 Å². The lowest BCUT2D eigenvalue weighted by atomic mass is 10.1. The van der Waals surface area contributed by atoms with Crippen molar-refractivity contribution in [3.05, 3.63) is 27.7 Å². The molecule has 0 unspecified atom stereocenters. The van der Waals surface area contributed by atoms with Crippen molar-refractivity contribution in [3.63, 3.8) is 0 Å². The first-order valence-corrected chi connectivity index (χ1v) is 8.84. The fraction of sp³-hybridized carbons (Fsp3) is 0.467. The maximum atomic E-state index is 11.5. The number of hydrogen-bond acceptors (Lipinski definition) is 3. The van der Waals surface area contributed by atoms with E-state index in [0.717, 1.165) is 21.5 Å². The van der Waals surface area contributed by atoms with Crippen molar-refractivity contribution in [2.45, 2.75) is 44.6 Å². The second kappa shape index (κ2) is 6.32. The molecular weight excluding hydrogens is 352 g/mol. The maximum absolute atomic E-state index is 11.5. The first-order valence-electron chi connectivity index (χ1n) is 7.23. The number of aromatic carboxylic acids is 1. The lowest BCUT2D eigenvalue weighted by Gasteiger charge is -2.14. The highest BCUT2D eigenvalue weighted by molar-refractivity contribution is 9.11.